The zero-order valence-electron chi connectivity index (χ0n) is 17.9. The predicted octanol–water partition coefficient (Wildman–Crippen LogP) is 3.39. The maximum atomic E-state index is 13.7. The molecule has 0 spiro atoms. The molecule has 8 nitrogen and oxygen atoms in total. The minimum Gasteiger partial charge on any atom is -0.507 e. The van der Waals surface area contributed by atoms with E-state index in [0.29, 0.717) is 5.69 Å². The largest absolute Gasteiger partial charge is 0.507 e. The van der Waals surface area contributed by atoms with Crippen molar-refractivity contribution in [1.29, 1.82) is 0 Å². The third kappa shape index (κ3) is 2.72. The van der Waals surface area contributed by atoms with E-state index in [-0.39, 0.29) is 51.0 Å². The Labute approximate surface area is 183 Å². The Morgan fingerprint density at radius 1 is 1.06 bits per heavy atom. The lowest BCUT2D eigenvalue weighted by Crippen LogP contribution is -2.40. The van der Waals surface area contributed by atoms with E-state index in [1.54, 1.807) is 18.2 Å². The second-order valence-electron chi connectivity index (χ2n) is 8.03. The number of phenols is 3. The molecule has 1 heterocycles. The number of anilines is 1. The number of ketones is 3. The molecule has 0 aromatic heterocycles. The summed E-state index contributed by atoms with van der Waals surface area (Å²) in [5.74, 6) is -2.85. The van der Waals surface area contributed by atoms with Gasteiger partial charge in [-0.05, 0) is 39.8 Å². The van der Waals surface area contributed by atoms with Crippen molar-refractivity contribution < 1.29 is 34.4 Å². The Morgan fingerprint density at radius 2 is 1.72 bits per heavy atom. The van der Waals surface area contributed by atoms with Crippen LogP contribution in [0.1, 0.15) is 42.3 Å². The average Bonchev–Trinajstić information content (AvgIpc) is 3.01. The van der Waals surface area contributed by atoms with Gasteiger partial charge in [0, 0.05) is 17.3 Å². The molecule has 0 saturated heterocycles. The summed E-state index contributed by atoms with van der Waals surface area (Å²) in [6.07, 6.45) is 1.14. The summed E-state index contributed by atoms with van der Waals surface area (Å²) in [5.41, 5.74) is -1.37. The Bertz CT molecular complexity index is 1300. The molecule has 1 aliphatic carbocycles. The number of phenolic OH excluding ortho intramolecular Hbond substituents is 3. The summed E-state index contributed by atoms with van der Waals surface area (Å²) < 4.78 is 5.72. The number of allylic oxidation sites excluding steroid dienone is 4. The van der Waals surface area contributed by atoms with Crippen LogP contribution < -0.4 is 10.1 Å². The fourth-order valence-corrected chi connectivity index (χ4v) is 4.21. The molecule has 2 aromatic carbocycles. The van der Waals surface area contributed by atoms with Gasteiger partial charge in [0.05, 0.1) is 16.8 Å². The predicted molar refractivity (Wildman–Crippen MR) is 115 cm³/mol. The number of fused-ring (bicyclic) bond motifs is 3. The number of hydrogen-bond donors (Lipinski definition) is 4. The lowest BCUT2D eigenvalue weighted by Gasteiger charge is -2.29. The zero-order valence-corrected chi connectivity index (χ0v) is 17.9. The third-order valence-electron chi connectivity index (χ3n) is 5.99. The second kappa shape index (κ2) is 6.98. The SMILES string of the molecule is CC(=O)c1c(O)c(C)c(O)c2c1OC1=CC(=O)/C(=C(/C)Nc3ccccc3O)C(=O)[C@@]12C. The van der Waals surface area contributed by atoms with Crippen molar-refractivity contribution in [3.05, 3.63) is 64.1 Å². The highest BCUT2D eigenvalue weighted by Gasteiger charge is 2.56. The Balaban J connectivity index is 1.93. The van der Waals surface area contributed by atoms with Crippen LogP contribution in [-0.2, 0) is 15.0 Å². The normalized spacial score (nSPS) is 20.8. The molecule has 2 aliphatic rings. The number of nitrogens with one attached hydrogen (secondary N) is 1. The van der Waals surface area contributed by atoms with Gasteiger partial charge >= 0.3 is 0 Å². The number of carbonyl (C=O) groups excluding carboxylic acids is 3. The van der Waals surface area contributed by atoms with E-state index in [0.717, 1.165) is 6.08 Å². The number of carbonyl (C=O) groups is 3. The first-order valence-electron chi connectivity index (χ1n) is 9.85. The molecule has 8 heteroatoms. The first kappa shape index (κ1) is 21.2. The lowest BCUT2D eigenvalue weighted by molar-refractivity contribution is -0.123. The van der Waals surface area contributed by atoms with E-state index in [1.807, 2.05) is 0 Å². The number of benzene rings is 2. The summed E-state index contributed by atoms with van der Waals surface area (Å²) in [6, 6.07) is 6.37. The van der Waals surface area contributed by atoms with Gasteiger partial charge in [0.1, 0.15) is 39.7 Å². The van der Waals surface area contributed by atoms with E-state index in [2.05, 4.69) is 5.32 Å². The molecule has 2 aromatic rings. The standard InChI is InChI=1S/C24H21NO7/c1-10-20(29)18(12(3)26)22-19(21(10)30)24(4)16(32-22)9-15(28)17(23(24)31)11(2)25-13-7-5-6-8-14(13)27/h5-9,25,27,29-30H,1-4H3/b17-11+/t24-/m0/s1. The van der Waals surface area contributed by atoms with Gasteiger partial charge in [-0.2, -0.15) is 0 Å². The van der Waals surface area contributed by atoms with Gasteiger partial charge in [0.25, 0.3) is 0 Å². The van der Waals surface area contributed by atoms with E-state index in [4.69, 9.17) is 4.74 Å². The summed E-state index contributed by atoms with van der Waals surface area (Å²) in [7, 11) is 0. The highest BCUT2D eigenvalue weighted by atomic mass is 16.5. The number of Topliss-reactive ketones (excluding diaryl/α,β-unsaturated/α-hetero) is 2. The molecule has 164 valence electrons. The molecule has 0 unspecified atom stereocenters. The molecule has 1 atom stereocenters. The van der Waals surface area contributed by atoms with Gasteiger partial charge in [-0.15, -0.1) is 0 Å². The van der Waals surface area contributed by atoms with E-state index in [1.165, 1.54) is 33.8 Å². The molecule has 0 fully saturated rings. The second-order valence-corrected chi connectivity index (χ2v) is 8.03. The van der Waals surface area contributed by atoms with Crippen molar-refractivity contribution in [2.75, 3.05) is 5.32 Å². The highest BCUT2D eigenvalue weighted by Crippen LogP contribution is 2.57. The van der Waals surface area contributed by atoms with E-state index >= 15 is 0 Å². The quantitative estimate of drug-likeness (QED) is 0.250. The number of rotatable bonds is 3. The molecule has 0 radical (unpaired) electrons. The molecule has 32 heavy (non-hydrogen) atoms. The van der Waals surface area contributed by atoms with Gasteiger partial charge < -0.3 is 25.4 Å². The van der Waals surface area contributed by atoms with Crippen molar-refractivity contribution in [3.63, 3.8) is 0 Å². The Hall–Kier alpha value is -4.07. The molecule has 0 amide bonds. The molecule has 4 rings (SSSR count). The third-order valence-corrected chi connectivity index (χ3v) is 5.99. The average molecular weight is 435 g/mol. The van der Waals surface area contributed by atoms with Gasteiger partial charge in [-0.1, -0.05) is 12.1 Å². The number of aromatic hydroxyl groups is 3. The molecule has 0 bridgehead atoms. The molecule has 0 saturated carbocycles. The van der Waals surface area contributed by atoms with Crippen LogP contribution in [0.3, 0.4) is 0 Å². The summed E-state index contributed by atoms with van der Waals surface area (Å²) in [5, 5.41) is 34.1. The number of para-hydroxylation sites is 2. The van der Waals surface area contributed by atoms with Crippen LogP contribution in [0.4, 0.5) is 5.69 Å². The summed E-state index contributed by atoms with van der Waals surface area (Å²) in [6.45, 7) is 5.67. The fraction of sp³-hybridized carbons (Fsp3) is 0.208. The van der Waals surface area contributed by atoms with Crippen LogP contribution >= 0.6 is 0 Å². The van der Waals surface area contributed by atoms with Crippen LogP contribution in [0, 0.1) is 6.92 Å². The number of hydrogen-bond acceptors (Lipinski definition) is 8. The van der Waals surface area contributed by atoms with E-state index in [9.17, 15) is 29.7 Å². The fourth-order valence-electron chi connectivity index (χ4n) is 4.21. The first-order chi connectivity index (χ1) is 15.0. The topological polar surface area (TPSA) is 133 Å². The van der Waals surface area contributed by atoms with Crippen LogP contribution in [0.2, 0.25) is 0 Å². The minimum absolute atomic E-state index is 0.0228. The Kier molecular flexibility index (Phi) is 4.62. The van der Waals surface area contributed by atoms with Gasteiger partial charge in [0.15, 0.2) is 17.3 Å². The maximum absolute atomic E-state index is 13.7. The molecule has 4 N–H and O–H groups in total. The lowest BCUT2D eigenvalue weighted by atomic mass is 9.70. The van der Waals surface area contributed by atoms with Crippen LogP contribution in [-0.4, -0.2) is 32.7 Å². The monoisotopic (exact) mass is 435 g/mol. The highest BCUT2D eigenvalue weighted by molar-refractivity contribution is 6.31. The van der Waals surface area contributed by atoms with Gasteiger partial charge in [0.2, 0.25) is 0 Å². The van der Waals surface area contributed by atoms with Crippen LogP contribution in [0.25, 0.3) is 0 Å². The first-order valence-corrected chi connectivity index (χ1v) is 9.85. The number of ether oxygens (including phenoxy) is 1. The van der Waals surface area contributed by atoms with Crippen molar-refractivity contribution in [2.45, 2.75) is 33.1 Å². The zero-order chi connectivity index (χ0) is 23.5. The summed E-state index contributed by atoms with van der Waals surface area (Å²) >= 11 is 0. The van der Waals surface area contributed by atoms with Crippen molar-refractivity contribution >= 4 is 23.0 Å². The van der Waals surface area contributed by atoms with Gasteiger partial charge in [-0.3, -0.25) is 14.4 Å². The molecular weight excluding hydrogens is 414 g/mol. The van der Waals surface area contributed by atoms with Crippen molar-refractivity contribution in [3.8, 4) is 23.0 Å². The Morgan fingerprint density at radius 3 is 2.34 bits per heavy atom. The smallest absolute Gasteiger partial charge is 0.194 e. The van der Waals surface area contributed by atoms with Gasteiger partial charge in [-0.25, -0.2) is 0 Å². The summed E-state index contributed by atoms with van der Waals surface area (Å²) in [4.78, 5) is 38.8. The van der Waals surface area contributed by atoms with Crippen molar-refractivity contribution in [2.24, 2.45) is 0 Å². The maximum Gasteiger partial charge on any atom is 0.194 e. The molecular formula is C24H21NO7. The van der Waals surface area contributed by atoms with Crippen molar-refractivity contribution in [1.82, 2.24) is 0 Å². The van der Waals surface area contributed by atoms with Crippen LogP contribution in [0.5, 0.6) is 23.0 Å². The minimum atomic E-state index is -1.59. The van der Waals surface area contributed by atoms with Crippen LogP contribution in [0.15, 0.2) is 47.4 Å². The van der Waals surface area contributed by atoms with E-state index < -0.39 is 28.5 Å². The molecule has 1 aliphatic heterocycles.